The molecule has 1 aliphatic heterocycles. The van der Waals surface area contributed by atoms with Crippen molar-refractivity contribution in [1.82, 2.24) is 10.2 Å². The molecule has 0 amide bonds. The minimum atomic E-state index is 0.184. The van der Waals surface area contributed by atoms with Crippen molar-refractivity contribution in [3.8, 4) is 0 Å². The number of hydrogen-bond donors (Lipinski definition) is 2. The van der Waals surface area contributed by atoms with E-state index in [2.05, 4.69) is 10.2 Å². The fourth-order valence-electron chi connectivity index (χ4n) is 1.27. The lowest BCUT2D eigenvalue weighted by Crippen LogP contribution is -2.38. The van der Waals surface area contributed by atoms with Crippen LogP contribution in [0.2, 0.25) is 0 Å². The summed E-state index contributed by atoms with van der Waals surface area (Å²) in [4.78, 5) is 2.23. The van der Waals surface area contributed by atoms with Gasteiger partial charge in [0.1, 0.15) is 0 Å². The molecule has 0 atom stereocenters. The molecule has 0 aromatic heterocycles. The summed E-state index contributed by atoms with van der Waals surface area (Å²) < 4.78 is 10.7. The van der Waals surface area contributed by atoms with Crippen LogP contribution in [0.1, 0.15) is 0 Å². The summed E-state index contributed by atoms with van der Waals surface area (Å²) in [7, 11) is 0. The van der Waals surface area contributed by atoms with Crippen LogP contribution in [-0.2, 0) is 9.47 Å². The Bertz CT molecular complexity index is 129. The molecule has 2 N–H and O–H groups in total. The Kier molecular flexibility index (Phi) is 6.90. The third-order valence-corrected chi connectivity index (χ3v) is 2.09. The van der Waals surface area contributed by atoms with Crippen molar-refractivity contribution in [3.63, 3.8) is 0 Å². The molecule has 1 rings (SSSR count). The van der Waals surface area contributed by atoms with Gasteiger partial charge in [0.25, 0.3) is 0 Å². The number of nitrogens with zero attached hydrogens (tertiary/aromatic N) is 1. The van der Waals surface area contributed by atoms with Crippen LogP contribution < -0.4 is 5.32 Å². The largest absolute Gasteiger partial charge is 0.395 e. The summed E-state index contributed by atoms with van der Waals surface area (Å²) in [5, 5.41) is 11.6. The molecule has 1 saturated heterocycles. The Morgan fingerprint density at radius 1 is 1.29 bits per heavy atom. The van der Waals surface area contributed by atoms with Crippen molar-refractivity contribution >= 4 is 0 Å². The highest BCUT2D eigenvalue weighted by atomic mass is 16.5. The van der Waals surface area contributed by atoms with E-state index in [9.17, 15) is 0 Å². The summed E-state index contributed by atoms with van der Waals surface area (Å²) in [6.45, 7) is 6.54. The van der Waals surface area contributed by atoms with Crippen LogP contribution in [0, 0.1) is 0 Å². The van der Waals surface area contributed by atoms with Crippen LogP contribution in [0.15, 0.2) is 0 Å². The summed E-state index contributed by atoms with van der Waals surface area (Å²) in [6.07, 6.45) is 0. The van der Waals surface area contributed by atoms with Crippen molar-refractivity contribution in [2.45, 2.75) is 0 Å². The maximum atomic E-state index is 8.50. The molecule has 0 radical (unpaired) electrons. The highest BCUT2D eigenvalue weighted by molar-refractivity contribution is 4.57. The van der Waals surface area contributed by atoms with Crippen molar-refractivity contribution in [1.29, 1.82) is 0 Å². The number of morpholine rings is 1. The van der Waals surface area contributed by atoms with E-state index in [1.165, 1.54) is 0 Å². The van der Waals surface area contributed by atoms with Crippen molar-refractivity contribution in [3.05, 3.63) is 0 Å². The number of hydrogen-bond acceptors (Lipinski definition) is 5. The molecule has 0 saturated carbocycles. The molecule has 1 aliphatic rings. The van der Waals surface area contributed by atoms with E-state index in [4.69, 9.17) is 14.6 Å². The molecule has 0 spiro atoms. The van der Waals surface area contributed by atoms with E-state index in [0.717, 1.165) is 32.8 Å². The normalized spacial score (nSPS) is 18.6. The van der Waals surface area contributed by atoms with Crippen LogP contribution in [0.5, 0.6) is 0 Å². The number of aliphatic hydroxyl groups is 1. The first-order valence-electron chi connectivity index (χ1n) is 5.13. The van der Waals surface area contributed by atoms with Gasteiger partial charge in [-0.25, -0.2) is 0 Å². The fraction of sp³-hybridized carbons (Fsp3) is 1.00. The minimum Gasteiger partial charge on any atom is -0.395 e. The van der Waals surface area contributed by atoms with Gasteiger partial charge in [0.05, 0.1) is 33.2 Å². The van der Waals surface area contributed by atoms with Crippen molar-refractivity contribution in [2.24, 2.45) is 0 Å². The first kappa shape index (κ1) is 11.9. The van der Waals surface area contributed by atoms with Gasteiger partial charge in [-0.3, -0.25) is 4.90 Å². The minimum absolute atomic E-state index is 0.184. The van der Waals surface area contributed by atoms with E-state index in [1.54, 1.807) is 0 Å². The topological polar surface area (TPSA) is 54.0 Å². The molecule has 5 nitrogen and oxygen atoms in total. The Labute approximate surface area is 85.0 Å². The number of nitrogens with one attached hydrogen (secondary N) is 1. The monoisotopic (exact) mass is 204 g/mol. The predicted octanol–water partition coefficient (Wildman–Crippen LogP) is -1.13. The zero-order valence-corrected chi connectivity index (χ0v) is 8.57. The Morgan fingerprint density at radius 3 is 2.79 bits per heavy atom. The number of ether oxygens (including phenoxy) is 2. The highest BCUT2D eigenvalue weighted by Gasteiger charge is 2.08. The third kappa shape index (κ3) is 5.51. The SMILES string of the molecule is OCCNCCOCN1CCOCC1. The first-order chi connectivity index (χ1) is 6.93. The van der Waals surface area contributed by atoms with Crippen LogP contribution in [0.25, 0.3) is 0 Å². The van der Waals surface area contributed by atoms with Gasteiger partial charge in [-0.15, -0.1) is 0 Å². The molecular weight excluding hydrogens is 184 g/mol. The molecule has 0 aromatic rings. The lowest BCUT2D eigenvalue weighted by Gasteiger charge is -2.26. The maximum absolute atomic E-state index is 8.50. The van der Waals surface area contributed by atoms with Gasteiger partial charge in [-0.05, 0) is 0 Å². The van der Waals surface area contributed by atoms with Crippen molar-refractivity contribution < 1.29 is 14.6 Å². The quantitative estimate of drug-likeness (QED) is 0.514. The molecule has 14 heavy (non-hydrogen) atoms. The fourth-order valence-corrected chi connectivity index (χ4v) is 1.27. The van der Waals surface area contributed by atoms with E-state index >= 15 is 0 Å². The lowest BCUT2D eigenvalue weighted by molar-refractivity contribution is -0.0318. The number of rotatable bonds is 7. The molecule has 0 unspecified atom stereocenters. The second-order valence-electron chi connectivity index (χ2n) is 3.24. The molecular formula is C9H20N2O3. The molecule has 0 aliphatic carbocycles. The first-order valence-corrected chi connectivity index (χ1v) is 5.13. The zero-order valence-electron chi connectivity index (χ0n) is 8.57. The van der Waals surface area contributed by atoms with E-state index in [-0.39, 0.29) is 6.61 Å². The van der Waals surface area contributed by atoms with Gasteiger partial charge in [0, 0.05) is 26.2 Å². The van der Waals surface area contributed by atoms with Crippen molar-refractivity contribution in [2.75, 3.05) is 59.3 Å². The second kappa shape index (κ2) is 8.14. The lowest BCUT2D eigenvalue weighted by atomic mass is 10.5. The van der Waals surface area contributed by atoms with Crippen LogP contribution in [-0.4, -0.2) is 69.3 Å². The summed E-state index contributed by atoms with van der Waals surface area (Å²) in [5.74, 6) is 0. The van der Waals surface area contributed by atoms with Gasteiger partial charge in [0.15, 0.2) is 0 Å². The third-order valence-electron chi connectivity index (χ3n) is 2.09. The van der Waals surface area contributed by atoms with Gasteiger partial charge in [0.2, 0.25) is 0 Å². The smallest absolute Gasteiger partial charge is 0.0992 e. The van der Waals surface area contributed by atoms with Crippen LogP contribution in [0.4, 0.5) is 0 Å². The Hall–Kier alpha value is -0.200. The molecule has 84 valence electrons. The standard InChI is InChI=1S/C9H20N2O3/c12-5-1-10-2-6-14-9-11-3-7-13-8-4-11/h10,12H,1-9H2. The second-order valence-corrected chi connectivity index (χ2v) is 3.24. The van der Waals surface area contributed by atoms with Gasteiger partial charge in [-0.1, -0.05) is 0 Å². The van der Waals surface area contributed by atoms with E-state index < -0.39 is 0 Å². The zero-order chi connectivity index (χ0) is 10.1. The molecule has 1 heterocycles. The van der Waals surface area contributed by atoms with Gasteiger partial charge >= 0.3 is 0 Å². The summed E-state index contributed by atoms with van der Waals surface area (Å²) >= 11 is 0. The van der Waals surface area contributed by atoms with Gasteiger partial charge < -0.3 is 19.9 Å². The van der Waals surface area contributed by atoms with E-state index in [1.807, 2.05) is 0 Å². The number of aliphatic hydroxyl groups excluding tert-OH is 1. The van der Waals surface area contributed by atoms with E-state index in [0.29, 0.717) is 19.9 Å². The highest BCUT2D eigenvalue weighted by Crippen LogP contribution is 1.95. The summed E-state index contributed by atoms with van der Waals surface area (Å²) in [5.41, 5.74) is 0. The molecule has 0 aromatic carbocycles. The van der Waals surface area contributed by atoms with Crippen LogP contribution in [0.3, 0.4) is 0 Å². The molecule has 0 bridgehead atoms. The predicted molar refractivity (Wildman–Crippen MR) is 53.2 cm³/mol. The molecule has 1 fully saturated rings. The van der Waals surface area contributed by atoms with Gasteiger partial charge in [-0.2, -0.15) is 0 Å². The maximum Gasteiger partial charge on any atom is 0.0992 e. The Balaban J connectivity index is 1.82. The summed E-state index contributed by atoms with van der Waals surface area (Å²) in [6, 6.07) is 0. The average molecular weight is 204 g/mol. The Morgan fingerprint density at radius 2 is 2.07 bits per heavy atom. The molecule has 5 heteroatoms. The van der Waals surface area contributed by atoms with Crippen LogP contribution >= 0.6 is 0 Å². The average Bonchev–Trinajstić information content (AvgIpc) is 2.25.